The van der Waals surface area contributed by atoms with Crippen LogP contribution < -0.4 is 16.1 Å². The maximum absolute atomic E-state index is 12.0. The first-order chi connectivity index (χ1) is 13.2. The van der Waals surface area contributed by atoms with Crippen LogP contribution in [-0.2, 0) is 14.4 Å². The fraction of sp³-hybridized carbons (Fsp3) is 0.300. The molecule has 0 saturated carbocycles. The van der Waals surface area contributed by atoms with Gasteiger partial charge < -0.3 is 15.4 Å². The predicted molar refractivity (Wildman–Crippen MR) is 101 cm³/mol. The highest BCUT2D eigenvalue weighted by Gasteiger charge is 2.28. The number of rotatable bonds is 8. The molecule has 0 bridgehead atoms. The molecule has 2 aromatic rings. The van der Waals surface area contributed by atoms with Crippen molar-refractivity contribution in [3.8, 4) is 11.1 Å². The molecular formula is C20H23N3O4. The van der Waals surface area contributed by atoms with Gasteiger partial charge in [-0.3, -0.25) is 9.63 Å². The van der Waals surface area contributed by atoms with Gasteiger partial charge in [-0.05, 0) is 22.3 Å². The van der Waals surface area contributed by atoms with Gasteiger partial charge in [0, 0.05) is 26.1 Å². The van der Waals surface area contributed by atoms with Crippen LogP contribution in [-0.4, -0.2) is 45.4 Å². The topological polar surface area (TPSA) is 88.7 Å². The van der Waals surface area contributed by atoms with Gasteiger partial charge >= 0.3 is 6.09 Å². The van der Waals surface area contributed by atoms with Gasteiger partial charge in [-0.1, -0.05) is 48.5 Å². The second-order valence-corrected chi connectivity index (χ2v) is 6.10. The van der Waals surface area contributed by atoms with Crippen molar-refractivity contribution in [3.05, 3.63) is 59.7 Å². The third-order valence-corrected chi connectivity index (χ3v) is 4.41. The third kappa shape index (κ3) is 4.64. The Hall–Kier alpha value is -2.90. The lowest BCUT2D eigenvalue weighted by molar-refractivity contribution is -0.127. The number of carbonyl (C=O) groups is 2. The Bertz CT molecular complexity index is 764. The maximum Gasteiger partial charge on any atom is 0.407 e. The third-order valence-electron chi connectivity index (χ3n) is 4.41. The first-order valence-electron chi connectivity index (χ1n) is 8.84. The first kappa shape index (κ1) is 18.9. The van der Waals surface area contributed by atoms with Crippen molar-refractivity contribution in [1.29, 1.82) is 0 Å². The molecule has 0 heterocycles. The van der Waals surface area contributed by atoms with Crippen LogP contribution in [0, 0.1) is 0 Å². The van der Waals surface area contributed by atoms with Gasteiger partial charge in [-0.2, -0.15) is 0 Å². The highest BCUT2D eigenvalue weighted by atomic mass is 16.6. The molecule has 1 aliphatic rings. The van der Waals surface area contributed by atoms with Gasteiger partial charge in [-0.25, -0.2) is 10.3 Å². The molecule has 142 valence electrons. The van der Waals surface area contributed by atoms with Gasteiger partial charge in [-0.15, -0.1) is 0 Å². The molecule has 0 saturated heterocycles. The second-order valence-electron chi connectivity index (χ2n) is 6.10. The zero-order chi connectivity index (χ0) is 19.1. The maximum atomic E-state index is 12.0. The van der Waals surface area contributed by atoms with Crippen LogP contribution in [0.4, 0.5) is 4.79 Å². The SMILES string of the molecule is CNOCC(=O)NCCNC(=O)OCC1c2ccccc2-c2ccccc21. The predicted octanol–water partition coefficient (Wildman–Crippen LogP) is 1.79. The van der Waals surface area contributed by atoms with Crippen LogP contribution in [0.15, 0.2) is 48.5 Å². The van der Waals surface area contributed by atoms with Gasteiger partial charge in [0.05, 0.1) is 0 Å². The first-order valence-corrected chi connectivity index (χ1v) is 8.84. The summed E-state index contributed by atoms with van der Waals surface area (Å²) in [5.41, 5.74) is 7.13. The molecule has 1 aliphatic carbocycles. The average molecular weight is 369 g/mol. The van der Waals surface area contributed by atoms with Gasteiger partial charge in [0.25, 0.3) is 0 Å². The number of amides is 2. The monoisotopic (exact) mass is 369 g/mol. The van der Waals surface area contributed by atoms with Gasteiger partial charge in [0.2, 0.25) is 5.91 Å². The van der Waals surface area contributed by atoms with Crippen molar-refractivity contribution in [3.63, 3.8) is 0 Å². The highest BCUT2D eigenvalue weighted by Crippen LogP contribution is 2.44. The van der Waals surface area contributed by atoms with Crippen molar-refractivity contribution in [1.82, 2.24) is 16.1 Å². The van der Waals surface area contributed by atoms with E-state index in [1.54, 1.807) is 7.05 Å². The van der Waals surface area contributed by atoms with Crippen molar-refractivity contribution < 1.29 is 19.2 Å². The number of hydrogen-bond donors (Lipinski definition) is 3. The summed E-state index contributed by atoms with van der Waals surface area (Å²) in [7, 11) is 1.58. The summed E-state index contributed by atoms with van der Waals surface area (Å²) in [6, 6.07) is 16.4. The summed E-state index contributed by atoms with van der Waals surface area (Å²) in [5, 5.41) is 5.26. The standard InChI is InChI=1S/C20H23N3O4/c1-21-27-13-19(24)22-10-11-23-20(25)26-12-18-16-8-4-2-6-14(16)15-7-3-5-9-17(15)18/h2-9,18,21H,10-13H2,1H3,(H,22,24)(H,23,25). The minimum absolute atomic E-state index is 0.0292. The number of alkyl carbamates (subject to hydrolysis) is 1. The summed E-state index contributed by atoms with van der Waals surface area (Å²) < 4.78 is 5.41. The molecule has 2 aromatic carbocycles. The minimum Gasteiger partial charge on any atom is -0.449 e. The van der Waals surface area contributed by atoms with E-state index in [1.807, 2.05) is 24.3 Å². The van der Waals surface area contributed by atoms with E-state index in [2.05, 4.69) is 40.4 Å². The average Bonchev–Trinajstić information content (AvgIpc) is 3.02. The highest BCUT2D eigenvalue weighted by molar-refractivity contribution is 5.79. The Morgan fingerprint density at radius 2 is 1.52 bits per heavy atom. The van der Waals surface area contributed by atoms with E-state index in [-0.39, 0.29) is 31.6 Å². The Morgan fingerprint density at radius 1 is 0.926 bits per heavy atom. The lowest BCUT2D eigenvalue weighted by atomic mass is 9.98. The molecule has 3 rings (SSSR count). The summed E-state index contributed by atoms with van der Waals surface area (Å²) in [6.45, 7) is 0.766. The quantitative estimate of drug-likeness (QED) is 0.488. The lowest BCUT2D eigenvalue weighted by Crippen LogP contribution is -2.37. The van der Waals surface area contributed by atoms with Crippen LogP contribution in [0.2, 0.25) is 0 Å². The Labute approximate surface area is 158 Å². The second kappa shape index (κ2) is 9.16. The zero-order valence-corrected chi connectivity index (χ0v) is 15.2. The molecule has 7 nitrogen and oxygen atoms in total. The normalized spacial score (nSPS) is 12.2. The summed E-state index contributed by atoms with van der Waals surface area (Å²) in [5.74, 6) is -0.236. The zero-order valence-electron chi connectivity index (χ0n) is 15.2. The molecule has 0 radical (unpaired) electrons. The van der Waals surface area contributed by atoms with E-state index in [9.17, 15) is 9.59 Å². The summed E-state index contributed by atoms with van der Waals surface area (Å²) >= 11 is 0. The molecule has 2 amide bonds. The molecule has 0 aromatic heterocycles. The smallest absolute Gasteiger partial charge is 0.407 e. The van der Waals surface area contributed by atoms with Gasteiger partial charge in [0.1, 0.15) is 13.2 Å². The number of carbonyl (C=O) groups excluding carboxylic acids is 2. The van der Waals surface area contributed by atoms with Crippen molar-refractivity contribution >= 4 is 12.0 Å². The molecular weight excluding hydrogens is 346 g/mol. The van der Waals surface area contributed by atoms with E-state index in [1.165, 1.54) is 22.3 Å². The molecule has 0 spiro atoms. The Kier molecular flexibility index (Phi) is 6.40. The van der Waals surface area contributed by atoms with E-state index in [4.69, 9.17) is 9.57 Å². The number of fused-ring (bicyclic) bond motifs is 3. The van der Waals surface area contributed by atoms with Gasteiger partial charge in [0.15, 0.2) is 0 Å². The minimum atomic E-state index is -0.502. The molecule has 0 unspecified atom stereocenters. The molecule has 3 N–H and O–H groups in total. The largest absolute Gasteiger partial charge is 0.449 e. The van der Waals surface area contributed by atoms with Crippen molar-refractivity contribution in [2.75, 3.05) is 33.4 Å². The number of ether oxygens (including phenoxy) is 1. The molecule has 0 fully saturated rings. The number of nitrogens with one attached hydrogen (secondary N) is 3. The lowest BCUT2D eigenvalue weighted by Gasteiger charge is -2.14. The molecule has 7 heteroatoms. The number of benzene rings is 2. The van der Waals surface area contributed by atoms with E-state index < -0.39 is 6.09 Å². The van der Waals surface area contributed by atoms with Crippen LogP contribution in [0.5, 0.6) is 0 Å². The Morgan fingerprint density at radius 3 is 2.15 bits per heavy atom. The van der Waals surface area contributed by atoms with Crippen molar-refractivity contribution in [2.24, 2.45) is 0 Å². The van der Waals surface area contributed by atoms with Crippen LogP contribution in [0.25, 0.3) is 11.1 Å². The molecule has 27 heavy (non-hydrogen) atoms. The fourth-order valence-corrected chi connectivity index (χ4v) is 3.20. The Balaban J connectivity index is 1.47. The number of hydroxylamine groups is 1. The summed E-state index contributed by atoms with van der Waals surface area (Å²) in [6.07, 6.45) is -0.502. The van der Waals surface area contributed by atoms with Crippen molar-refractivity contribution in [2.45, 2.75) is 5.92 Å². The van der Waals surface area contributed by atoms with E-state index >= 15 is 0 Å². The van der Waals surface area contributed by atoms with E-state index in [0.29, 0.717) is 6.54 Å². The molecule has 0 atom stereocenters. The summed E-state index contributed by atoms with van der Waals surface area (Å²) in [4.78, 5) is 28.1. The fourth-order valence-electron chi connectivity index (χ4n) is 3.20. The van der Waals surface area contributed by atoms with Crippen LogP contribution in [0.1, 0.15) is 17.0 Å². The van der Waals surface area contributed by atoms with Crippen LogP contribution in [0.3, 0.4) is 0 Å². The number of hydrogen-bond acceptors (Lipinski definition) is 5. The van der Waals surface area contributed by atoms with Crippen LogP contribution >= 0.6 is 0 Å². The molecule has 0 aliphatic heterocycles. The van der Waals surface area contributed by atoms with E-state index in [0.717, 1.165) is 0 Å².